The van der Waals surface area contributed by atoms with Gasteiger partial charge in [-0.2, -0.15) is 8.80 Å². The van der Waals surface area contributed by atoms with Gasteiger partial charge in [0.05, 0.1) is 0 Å². The van der Waals surface area contributed by atoms with Gasteiger partial charge in [-0.15, -0.1) is 0 Å². The molecule has 0 radical (unpaired) electrons. The van der Waals surface area contributed by atoms with Crippen LogP contribution >= 0.6 is 0 Å². The van der Waals surface area contributed by atoms with Crippen molar-refractivity contribution in [3.05, 3.63) is 78.2 Å². The van der Waals surface area contributed by atoms with E-state index in [1.165, 1.54) is 35.4 Å². The molecule has 2 aromatic carbocycles. The average Bonchev–Trinajstić information content (AvgIpc) is 3.05. The van der Waals surface area contributed by atoms with E-state index in [4.69, 9.17) is 0 Å². The van der Waals surface area contributed by atoms with Gasteiger partial charge >= 0.3 is 0 Å². The van der Waals surface area contributed by atoms with E-state index in [9.17, 15) is 4.39 Å². The Bertz CT molecular complexity index is 1290. The quantitative estimate of drug-likeness (QED) is 0.283. The normalized spacial score (nSPS) is 11.5. The largest absolute Gasteiger partial charge is 1.00 e. The topological polar surface area (TPSA) is 8.51 Å². The van der Waals surface area contributed by atoms with Crippen LogP contribution in [0.5, 0.6) is 0 Å². The van der Waals surface area contributed by atoms with Crippen LogP contribution in [0.3, 0.4) is 0 Å². The number of aryl methyl sites for hydroxylation is 1. The third-order valence-corrected chi connectivity index (χ3v) is 5.24. The Hall–Kier alpha value is -2.21. The second kappa shape index (κ2) is 7.08. The third-order valence-electron chi connectivity index (χ3n) is 5.24. The first-order chi connectivity index (χ1) is 12.7. The zero-order valence-corrected chi connectivity index (χ0v) is 17.3. The van der Waals surface area contributed by atoms with Crippen molar-refractivity contribution < 1.29 is 32.8 Å². The second-order valence-electron chi connectivity index (χ2n) is 6.98. The maximum atomic E-state index is 13.6. The molecule has 5 rings (SSSR count). The molecular weight excluding hydrogens is 450 g/mol. The van der Waals surface area contributed by atoms with Gasteiger partial charge in [-0.25, -0.2) is 4.39 Å². The summed E-state index contributed by atoms with van der Waals surface area (Å²) in [5.74, 6) is -0.203. The minimum absolute atomic E-state index is 0. The van der Waals surface area contributed by atoms with E-state index in [-0.39, 0.29) is 29.8 Å². The highest BCUT2D eigenvalue weighted by Gasteiger charge is 2.17. The van der Waals surface area contributed by atoms with Gasteiger partial charge in [-0.05, 0) is 66.9 Å². The molecule has 0 unspecified atom stereocenters. The van der Waals surface area contributed by atoms with Gasteiger partial charge in [0, 0.05) is 16.8 Å². The fraction of sp³-hybridized carbons (Fsp3) is 0.174. The van der Waals surface area contributed by atoms with E-state index in [1.807, 2.05) is 12.1 Å². The van der Waals surface area contributed by atoms with Crippen LogP contribution in [0.15, 0.2) is 66.9 Å². The van der Waals surface area contributed by atoms with Crippen LogP contribution in [0.4, 0.5) is 4.39 Å². The molecule has 0 amide bonds. The molecule has 0 saturated carbocycles. The first kappa shape index (κ1) is 18.2. The number of unbranched alkanes of at least 4 members (excludes halogenated alkanes) is 1. The number of hydrogen-bond acceptors (Lipinski definition) is 0. The van der Waals surface area contributed by atoms with Crippen molar-refractivity contribution in [2.24, 2.45) is 0 Å². The zero-order valence-electron chi connectivity index (χ0n) is 15.1. The summed E-state index contributed by atoms with van der Waals surface area (Å²) in [6, 6.07) is 20.1. The second-order valence-corrected chi connectivity index (χ2v) is 6.98. The molecule has 0 bridgehead atoms. The summed E-state index contributed by atoms with van der Waals surface area (Å²) < 4.78 is 18.0. The molecule has 0 saturated heterocycles. The lowest BCUT2D eigenvalue weighted by Gasteiger charge is -2.03. The minimum Gasteiger partial charge on any atom is -1.00 e. The standard InChI is InChI=1S/C23H20FN2.HI/c1-2-3-4-16-5-10-22-17(13-16)6-9-20-15-25-21-11-8-19(24)14-18(21)7-12-23(25)26(20)22;/h5-15H,2-4H2,1H3;1H/q+1;/p-1. The van der Waals surface area contributed by atoms with Gasteiger partial charge < -0.3 is 24.0 Å². The molecule has 136 valence electrons. The number of benzene rings is 2. The monoisotopic (exact) mass is 470 g/mol. The van der Waals surface area contributed by atoms with Crippen LogP contribution in [0.2, 0.25) is 0 Å². The molecule has 0 aliphatic heterocycles. The lowest BCUT2D eigenvalue weighted by molar-refractivity contribution is -0.479. The van der Waals surface area contributed by atoms with Crippen molar-refractivity contribution in [1.82, 2.24) is 4.40 Å². The lowest BCUT2D eigenvalue weighted by Crippen LogP contribution is -3.00. The van der Waals surface area contributed by atoms with Gasteiger partial charge in [0.1, 0.15) is 23.0 Å². The SMILES string of the molecule is CCCCc1ccc2c(ccc3c[n+]4c5ccc(F)cc5ccc4n32)c1.[I-]. The Balaban J connectivity index is 0.00000180. The van der Waals surface area contributed by atoms with Crippen molar-refractivity contribution in [2.75, 3.05) is 0 Å². The summed E-state index contributed by atoms with van der Waals surface area (Å²) in [7, 11) is 0. The number of pyridine rings is 2. The van der Waals surface area contributed by atoms with Crippen molar-refractivity contribution >= 4 is 33.0 Å². The summed E-state index contributed by atoms with van der Waals surface area (Å²) in [6.45, 7) is 2.23. The van der Waals surface area contributed by atoms with Gasteiger partial charge in [-0.1, -0.05) is 19.4 Å². The zero-order chi connectivity index (χ0) is 17.7. The fourth-order valence-electron chi connectivity index (χ4n) is 3.92. The van der Waals surface area contributed by atoms with Crippen LogP contribution < -0.4 is 28.4 Å². The summed E-state index contributed by atoms with van der Waals surface area (Å²) in [5.41, 5.74) is 5.83. The van der Waals surface area contributed by atoms with Crippen molar-refractivity contribution in [1.29, 1.82) is 0 Å². The van der Waals surface area contributed by atoms with E-state index in [1.54, 1.807) is 6.07 Å². The summed E-state index contributed by atoms with van der Waals surface area (Å²) in [6.07, 6.45) is 5.68. The first-order valence-electron chi connectivity index (χ1n) is 9.21. The van der Waals surface area contributed by atoms with Crippen molar-refractivity contribution in [3.63, 3.8) is 0 Å². The highest BCUT2D eigenvalue weighted by Crippen LogP contribution is 2.23. The fourth-order valence-corrected chi connectivity index (χ4v) is 3.92. The number of rotatable bonds is 3. The van der Waals surface area contributed by atoms with Crippen LogP contribution in [0.25, 0.3) is 33.0 Å². The Morgan fingerprint density at radius 2 is 1.78 bits per heavy atom. The summed E-state index contributed by atoms with van der Waals surface area (Å²) >= 11 is 0. The van der Waals surface area contributed by atoms with Crippen LogP contribution in [0, 0.1) is 5.82 Å². The van der Waals surface area contributed by atoms with Crippen molar-refractivity contribution in [3.8, 4) is 0 Å². The smallest absolute Gasteiger partial charge is 0.292 e. The van der Waals surface area contributed by atoms with E-state index in [0.29, 0.717) is 0 Å². The Labute approximate surface area is 174 Å². The van der Waals surface area contributed by atoms with E-state index in [2.05, 4.69) is 58.3 Å². The van der Waals surface area contributed by atoms with Crippen LogP contribution in [-0.2, 0) is 6.42 Å². The molecule has 3 heterocycles. The molecular formula is C23H20FIN2. The molecule has 0 aliphatic carbocycles. The van der Waals surface area contributed by atoms with Crippen LogP contribution in [-0.4, -0.2) is 4.40 Å². The molecule has 0 N–H and O–H groups in total. The predicted octanol–water partition coefficient (Wildman–Crippen LogP) is 2.47. The molecule has 5 aromatic rings. The number of imidazole rings is 1. The van der Waals surface area contributed by atoms with Gasteiger partial charge in [0.15, 0.2) is 5.52 Å². The van der Waals surface area contributed by atoms with E-state index >= 15 is 0 Å². The lowest BCUT2D eigenvalue weighted by atomic mass is 10.1. The third kappa shape index (κ3) is 2.96. The Morgan fingerprint density at radius 1 is 0.926 bits per heavy atom. The average molecular weight is 470 g/mol. The van der Waals surface area contributed by atoms with Gasteiger partial charge in [0.2, 0.25) is 0 Å². The van der Waals surface area contributed by atoms with E-state index in [0.717, 1.165) is 28.5 Å². The Kier molecular flexibility index (Phi) is 4.76. The maximum absolute atomic E-state index is 13.6. The number of aromatic nitrogens is 2. The molecule has 4 heteroatoms. The first-order valence-corrected chi connectivity index (χ1v) is 9.21. The molecule has 2 nitrogen and oxygen atoms in total. The minimum atomic E-state index is -0.203. The molecule has 0 atom stereocenters. The highest BCUT2D eigenvalue weighted by atomic mass is 127. The molecule has 3 aromatic heterocycles. The predicted molar refractivity (Wildman–Crippen MR) is 104 cm³/mol. The number of nitrogens with zero attached hydrogens (tertiary/aromatic N) is 2. The summed E-state index contributed by atoms with van der Waals surface area (Å²) in [5, 5.41) is 2.16. The number of hydrogen-bond donors (Lipinski definition) is 0. The molecule has 27 heavy (non-hydrogen) atoms. The maximum Gasteiger partial charge on any atom is 0.292 e. The molecule has 0 spiro atoms. The number of fused-ring (bicyclic) bond motifs is 7. The molecule has 0 fully saturated rings. The summed E-state index contributed by atoms with van der Waals surface area (Å²) in [4.78, 5) is 0. The number of halogens is 2. The van der Waals surface area contributed by atoms with Crippen LogP contribution in [0.1, 0.15) is 25.3 Å². The highest BCUT2D eigenvalue weighted by molar-refractivity contribution is 5.86. The Morgan fingerprint density at radius 3 is 2.63 bits per heavy atom. The molecule has 0 aliphatic rings. The van der Waals surface area contributed by atoms with Gasteiger partial charge in [-0.3, -0.25) is 0 Å². The van der Waals surface area contributed by atoms with Crippen molar-refractivity contribution in [2.45, 2.75) is 26.2 Å². The van der Waals surface area contributed by atoms with Gasteiger partial charge in [0.25, 0.3) is 5.65 Å². The van der Waals surface area contributed by atoms with E-state index < -0.39 is 0 Å².